The number of hydrogen-bond acceptors (Lipinski definition) is 2. The van der Waals surface area contributed by atoms with Gasteiger partial charge in [-0.3, -0.25) is 4.90 Å². The molecule has 1 heterocycles. The first-order chi connectivity index (χ1) is 9.83. The molecule has 1 N–H and O–H groups in total. The Labute approximate surface area is 125 Å². The molecule has 116 valence electrons. The van der Waals surface area contributed by atoms with Gasteiger partial charge < -0.3 is 5.32 Å². The third-order valence-electron chi connectivity index (χ3n) is 6.14. The van der Waals surface area contributed by atoms with Crippen LogP contribution in [0.3, 0.4) is 0 Å². The van der Waals surface area contributed by atoms with Crippen LogP contribution in [0.5, 0.6) is 0 Å². The molecular formula is C18H34N2. The summed E-state index contributed by atoms with van der Waals surface area (Å²) in [6.07, 6.45) is 17.3. The van der Waals surface area contributed by atoms with Gasteiger partial charge in [0.1, 0.15) is 0 Å². The highest BCUT2D eigenvalue weighted by molar-refractivity contribution is 5.01. The minimum absolute atomic E-state index is 0.486. The zero-order valence-electron chi connectivity index (χ0n) is 13.5. The smallest absolute Gasteiger partial charge is 0.0309 e. The molecule has 1 atom stereocenters. The molecule has 0 aromatic rings. The lowest BCUT2D eigenvalue weighted by Crippen LogP contribution is -2.66. The van der Waals surface area contributed by atoms with Crippen molar-refractivity contribution in [1.82, 2.24) is 10.2 Å². The quantitative estimate of drug-likeness (QED) is 0.836. The molecule has 0 aromatic heterocycles. The van der Waals surface area contributed by atoms with Gasteiger partial charge in [-0.05, 0) is 32.1 Å². The van der Waals surface area contributed by atoms with E-state index in [0.29, 0.717) is 5.54 Å². The van der Waals surface area contributed by atoms with Crippen LogP contribution in [0.1, 0.15) is 84.0 Å². The maximum absolute atomic E-state index is 4.00. The average Bonchev–Trinajstić information content (AvgIpc) is 2.51. The fourth-order valence-electron chi connectivity index (χ4n) is 4.99. The van der Waals surface area contributed by atoms with E-state index < -0.39 is 0 Å². The first-order valence-corrected chi connectivity index (χ1v) is 9.34. The number of hydrogen-bond donors (Lipinski definition) is 1. The summed E-state index contributed by atoms with van der Waals surface area (Å²) in [5.41, 5.74) is 0.486. The van der Waals surface area contributed by atoms with Crippen molar-refractivity contribution in [3.8, 4) is 0 Å². The lowest BCUT2D eigenvalue weighted by Gasteiger charge is -2.53. The fourth-order valence-corrected chi connectivity index (χ4v) is 4.99. The molecule has 2 heteroatoms. The predicted molar refractivity (Wildman–Crippen MR) is 86.1 cm³/mol. The third-order valence-corrected chi connectivity index (χ3v) is 6.14. The molecule has 0 bridgehead atoms. The van der Waals surface area contributed by atoms with Crippen molar-refractivity contribution >= 4 is 0 Å². The van der Waals surface area contributed by atoms with Crippen LogP contribution in [0.15, 0.2) is 0 Å². The third kappa shape index (κ3) is 3.22. The molecule has 3 aliphatic rings. The molecule has 3 fully saturated rings. The van der Waals surface area contributed by atoms with Gasteiger partial charge in [-0.15, -0.1) is 0 Å². The molecule has 1 aliphatic heterocycles. The zero-order valence-corrected chi connectivity index (χ0v) is 13.5. The summed E-state index contributed by atoms with van der Waals surface area (Å²) in [4.78, 5) is 2.96. The summed E-state index contributed by atoms with van der Waals surface area (Å²) in [6.45, 7) is 4.96. The van der Waals surface area contributed by atoms with Crippen LogP contribution >= 0.6 is 0 Å². The largest absolute Gasteiger partial charge is 0.308 e. The van der Waals surface area contributed by atoms with Crippen LogP contribution in [0.2, 0.25) is 0 Å². The summed E-state index contributed by atoms with van der Waals surface area (Å²) in [6, 6.07) is 1.72. The molecule has 2 saturated carbocycles. The highest BCUT2D eigenvalue weighted by Crippen LogP contribution is 2.35. The zero-order chi connectivity index (χ0) is 13.8. The Kier molecular flexibility index (Phi) is 5.04. The highest BCUT2D eigenvalue weighted by Gasteiger charge is 2.41. The van der Waals surface area contributed by atoms with E-state index in [0.717, 1.165) is 12.1 Å². The second-order valence-electron chi connectivity index (χ2n) is 7.63. The van der Waals surface area contributed by atoms with Gasteiger partial charge in [0.25, 0.3) is 0 Å². The van der Waals surface area contributed by atoms with Gasteiger partial charge >= 0.3 is 0 Å². The van der Waals surface area contributed by atoms with Gasteiger partial charge in [0, 0.05) is 30.7 Å². The van der Waals surface area contributed by atoms with Crippen LogP contribution in [0, 0.1) is 0 Å². The first kappa shape index (κ1) is 14.8. The monoisotopic (exact) mass is 278 g/mol. The Morgan fingerprint density at radius 2 is 1.70 bits per heavy atom. The Morgan fingerprint density at radius 1 is 1.00 bits per heavy atom. The van der Waals surface area contributed by atoms with E-state index in [4.69, 9.17) is 0 Å². The van der Waals surface area contributed by atoms with E-state index >= 15 is 0 Å². The fraction of sp³-hybridized carbons (Fsp3) is 1.00. The predicted octanol–water partition coefficient (Wildman–Crippen LogP) is 4.10. The van der Waals surface area contributed by atoms with E-state index in [1.807, 2.05) is 0 Å². The van der Waals surface area contributed by atoms with Crippen LogP contribution < -0.4 is 5.32 Å². The van der Waals surface area contributed by atoms with Crippen molar-refractivity contribution in [2.75, 3.05) is 13.1 Å². The summed E-state index contributed by atoms with van der Waals surface area (Å²) in [5.74, 6) is 0. The minimum atomic E-state index is 0.486. The maximum atomic E-state index is 4.00. The molecule has 20 heavy (non-hydrogen) atoms. The minimum Gasteiger partial charge on any atom is -0.308 e. The van der Waals surface area contributed by atoms with Crippen LogP contribution in [0.25, 0.3) is 0 Å². The molecular weight excluding hydrogens is 244 g/mol. The Morgan fingerprint density at radius 3 is 2.40 bits per heavy atom. The molecule has 3 rings (SSSR count). The number of nitrogens with zero attached hydrogens (tertiary/aromatic N) is 1. The summed E-state index contributed by atoms with van der Waals surface area (Å²) >= 11 is 0. The van der Waals surface area contributed by atoms with Crippen molar-refractivity contribution in [2.45, 2.75) is 102 Å². The molecule has 0 aromatic carbocycles. The molecule has 1 unspecified atom stereocenters. The van der Waals surface area contributed by atoms with Gasteiger partial charge in [0.2, 0.25) is 0 Å². The molecule has 2 aliphatic carbocycles. The van der Waals surface area contributed by atoms with Gasteiger partial charge in [0.15, 0.2) is 0 Å². The van der Waals surface area contributed by atoms with Crippen molar-refractivity contribution in [2.24, 2.45) is 0 Å². The average molecular weight is 278 g/mol. The summed E-state index contributed by atoms with van der Waals surface area (Å²) in [5, 5.41) is 4.00. The Bertz CT molecular complexity index is 285. The SMILES string of the molecule is CCCC1CNC2(CCCCC2)CN1C1CCCCC1. The summed E-state index contributed by atoms with van der Waals surface area (Å²) in [7, 11) is 0. The Balaban J connectivity index is 1.69. The van der Waals surface area contributed by atoms with E-state index in [1.54, 1.807) is 0 Å². The van der Waals surface area contributed by atoms with Gasteiger partial charge in [-0.2, -0.15) is 0 Å². The first-order valence-electron chi connectivity index (χ1n) is 9.34. The van der Waals surface area contributed by atoms with E-state index in [-0.39, 0.29) is 0 Å². The molecule has 2 nitrogen and oxygen atoms in total. The lowest BCUT2D eigenvalue weighted by molar-refractivity contribution is 0.00887. The second kappa shape index (κ2) is 6.79. The molecule has 1 spiro atoms. The van der Waals surface area contributed by atoms with Crippen molar-refractivity contribution in [3.63, 3.8) is 0 Å². The van der Waals surface area contributed by atoms with Gasteiger partial charge in [-0.1, -0.05) is 51.9 Å². The normalized spacial score (nSPS) is 32.5. The topological polar surface area (TPSA) is 15.3 Å². The maximum Gasteiger partial charge on any atom is 0.0309 e. The van der Waals surface area contributed by atoms with Crippen molar-refractivity contribution < 1.29 is 0 Å². The molecule has 1 saturated heterocycles. The van der Waals surface area contributed by atoms with Gasteiger partial charge in [0.05, 0.1) is 0 Å². The number of piperazine rings is 1. The van der Waals surface area contributed by atoms with E-state index in [1.165, 1.54) is 90.1 Å². The highest BCUT2D eigenvalue weighted by atomic mass is 15.3. The van der Waals surface area contributed by atoms with Crippen LogP contribution in [-0.2, 0) is 0 Å². The van der Waals surface area contributed by atoms with E-state index in [9.17, 15) is 0 Å². The second-order valence-corrected chi connectivity index (χ2v) is 7.63. The standard InChI is InChI=1S/C18H34N2/c1-2-9-17-14-19-18(12-7-4-8-13-18)15-20(17)16-10-5-3-6-11-16/h16-17,19H,2-15H2,1H3. The van der Waals surface area contributed by atoms with Crippen molar-refractivity contribution in [1.29, 1.82) is 0 Å². The number of rotatable bonds is 3. The van der Waals surface area contributed by atoms with Crippen molar-refractivity contribution in [3.05, 3.63) is 0 Å². The van der Waals surface area contributed by atoms with E-state index in [2.05, 4.69) is 17.1 Å². The summed E-state index contributed by atoms with van der Waals surface area (Å²) < 4.78 is 0. The molecule has 0 amide bonds. The molecule has 0 radical (unpaired) electrons. The van der Waals surface area contributed by atoms with Crippen LogP contribution in [0.4, 0.5) is 0 Å². The van der Waals surface area contributed by atoms with Gasteiger partial charge in [-0.25, -0.2) is 0 Å². The number of nitrogens with one attached hydrogen (secondary N) is 1. The lowest BCUT2D eigenvalue weighted by atomic mass is 9.78. The van der Waals surface area contributed by atoms with Crippen LogP contribution in [-0.4, -0.2) is 35.6 Å². The Hall–Kier alpha value is -0.0800.